The number of nitrogens with one attached hydrogen (secondary N) is 2. The van der Waals surface area contributed by atoms with E-state index in [2.05, 4.69) is 10.6 Å². The fraction of sp³-hybridized carbons (Fsp3) is 0.125. The van der Waals surface area contributed by atoms with Crippen LogP contribution in [0.15, 0.2) is 36.4 Å². The number of nitriles is 1. The third kappa shape index (κ3) is 2.56. The molecule has 1 heterocycles. The predicted molar refractivity (Wildman–Crippen MR) is 77.7 cm³/mol. The van der Waals surface area contributed by atoms with Crippen LogP contribution in [0.1, 0.15) is 21.5 Å². The summed E-state index contributed by atoms with van der Waals surface area (Å²) in [6.45, 7) is 0.879. The highest BCUT2D eigenvalue weighted by Crippen LogP contribution is 2.24. The Kier molecular flexibility index (Phi) is 3.28. The van der Waals surface area contributed by atoms with Gasteiger partial charge in [0.15, 0.2) is 0 Å². The van der Waals surface area contributed by atoms with Gasteiger partial charge in [0, 0.05) is 23.5 Å². The number of fused-ring (bicyclic) bond motifs is 1. The van der Waals surface area contributed by atoms with Crippen LogP contribution >= 0.6 is 0 Å². The van der Waals surface area contributed by atoms with E-state index in [4.69, 9.17) is 5.26 Å². The molecular weight excluding hydrogens is 269 g/mol. The summed E-state index contributed by atoms with van der Waals surface area (Å²) >= 11 is 0. The first-order chi connectivity index (χ1) is 10.2. The number of amides is 1. The van der Waals surface area contributed by atoms with Gasteiger partial charge in [-0.05, 0) is 42.3 Å². The fourth-order valence-corrected chi connectivity index (χ4v) is 2.32. The van der Waals surface area contributed by atoms with Crippen LogP contribution in [0.4, 0.5) is 15.8 Å². The maximum atomic E-state index is 13.2. The number of hydrogen-bond acceptors (Lipinski definition) is 3. The lowest BCUT2D eigenvalue weighted by atomic mass is 10.1. The van der Waals surface area contributed by atoms with Gasteiger partial charge in [-0.3, -0.25) is 4.79 Å². The first-order valence-electron chi connectivity index (χ1n) is 6.55. The molecule has 0 fully saturated rings. The number of hydrogen-bond donors (Lipinski definition) is 2. The van der Waals surface area contributed by atoms with Gasteiger partial charge in [-0.2, -0.15) is 5.26 Å². The largest absolute Gasteiger partial charge is 0.384 e. The number of anilines is 2. The Morgan fingerprint density at radius 3 is 2.95 bits per heavy atom. The highest BCUT2D eigenvalue weighted by atomic mass is 19.1. The first kappa shape index (κ1) is 13.1. The van der Waals surface area contributed by atoms with Gasteiger partial charge in [0.1, 0.15) is 11.9 Å². The minimum Gasteiger partial charge on any atom is -0.384 e. The van der Waals surface area contributed by atoms with Crippen molar-refractivity contribution < 1.29 is 9.18 Å². The van der Waals surface area contributed by atoms with Crippen molar-refractivity contribution in [1.82, 2.24) is 0 Å². The van der Waals surface area contributed by atoms with Crippen molar-refractivity contribution in [3.05, 3.63) is 58.9 Å². The van der Waals surface area contributed by atoms with Crippen molar-refractivity contribution in [1.29, 1.82) is 5.26 Å². The smallest absolute Gasteiger partial charge is 0.255 e. The fourth-order valence-electron chi connectivity index (χ4n) is 2.32. The zero-order chi connectivity index (χ0) is 14.8. The van der Waals surface area contributed by atoms with Crippen LogP contribution in [-0.2, 0) is 6.42 Å². The minimum absolute atomic E-state index is 0.0941. The molecule has 1 aliphatic rings. The molecule has 21 heavy (non-hydrogen) atoms. The molecule has 1 amide bonds. The Balaban J connectivity index is 1.82. The van der Waals surface area contributed by atoms with E-state index in [-0.39, 0.29) is 11.5 Å². The Morgan fingerprint density at radius 2 is 2.14 bits per heavy atom. The molecule has 0 aromatic heterocycles. The van der Waals surface area contributed by atoms with E-state index >= 15 is 0 Å². The first-order valence-corrected chi connectivity index (χ1v) is 6.55. The monoisotopic (exact) mass is 281 g/mol. The molecule has 0 aliphatic carbocycles. The van der Waals surface area contributed by atoms with Crippen LogP contribution in [0.3, 0.4) is 0 Å². The molecule has 2 aromatic carbocycles. The average molecular weight is 281 g/mol. The van der Waals surface area contributed by atoms with E-state index in [1.165, 1.54) is 23.8 Å². The van der Waals surface area contributed by atoms with Gasteiger partial charge in [0.25, 0.3) is 5.91 Å². The van der Waals surface area contributed by atoms with Crippen molar-refractivity contribution in [2.45, 2.75) is 6.42 Å². The molecule has 0 saturated carbocycles. The summed E-state index contributed by atoms with van der Waals surface area (Å²) in [6, 6.07) is 11.1. The third-order valence-corrected chi connectivity index (χ3v) is 3.43. The summed E-state index contributed by atoms with van der Waals surface area (Å²) in [5.41, 5.74) is 2.99. The van der Waals surface area contributed by atoms with Crippen molar-refractivity contribution in [2.75, 3.05) is 17.2 Å². The molecule has 4 nitrogen and oxygen atoms in total. The molecule has 2 aromatic rings. The van der Waals surface area contributed by atoms with Crippen LogP contribution in [0.2, 0.25) is 0 Å². The van der Waals surface area contributed by atoms with E-state index in [9.17, 15) is 9.18 Å². The lowest BCUT2D eigenvalue weighted by Crippen LogP contribution is -2.12. The molecule has 104 valence electrons. The van der Waals surface area contributed by atoms with Crippen LogP contribution < -0.4 is 10.6 Å². The molecule has 0 atom stereocenters. The molecule has 2 N–H and O–H groups in total. The van der Waals surface area contributed by atoms with E-state index in [1.807, 2.05) is 6.07 Å². The number of carbonyl (C=O) groups is 1. The molecular formula is C16H12FN3O. The summed E-state index contributed by atoms with van der Waals surface area (Å²) in [7, 11) is 0. The molecule has 0 unspecified atom stereocenters. The highest BCUT2D eigenvalue weighted by Gasteiger charge is 2.14. The van der Waals surface area contributed by atoms with Gasteiger partial charge in [0.05, 0.1) is 5.56 Å². The Morgan fingerprint density at radius 1 is 1.29 bits per heavy atom. The lowest BCUT2D eigenvalue weighted by Gasteiger charge is -2.07. The molecule has 0 saturated heterocycles. The van der Waals surface area contributed by atoms with Gasteiger partial charge in [-0.25, -0.2) is 4.39 Å². The van der Waals surface area contributed by atoms with Gasteiger partial charge in [-0.1, -0.05) is 6.07 Å². The third-order valence-electron chi connectivity index (χ3n) is 3.43. The SMILES string of the molecule is N#Cc1cc(NC(=O)c2ccc3c(c2)NCC3)ccc1F. The molecule has 0 radical (unpaired) electrons. The summed E-state index contributed by atoms with van der Waals surface area (Å²) in [6.07, 6.45) is 0.959. The number of nitrogens with zero attached hydrogens (tertiary/aromatic N) is 1. The molecule has 5 heteroatoms. The minimum atomic E-state index is -0.600. The van der Waals surface area contributed by atoms with Crippen LogP contribution in [0, 0.1) is 17.1 Å². The van der Waals surface area contributed by atoms with E-state index in [1.54, 1.807) is 18.2 Å². The summed E-state index contributed by atoms with van der Waals surface area (Å²) in [4.78, 5) is 12.2. The molecule has 0 bridgehead atoms. The standard InChI is InChI=1S/C16H12FN3O/c17-14-4-3-13(7-12(14)9-18)20-16(21)11-2-1-10-5-6-19-15(10)8-11/h1-4,7-8,19H,5-6H2,(H,20,21). The molecule has 0 spiro atoms. The van der Waals surface area contributed by atoms with Crippen LogP contribution in [0.5, 0.6) is 0 Å². The van der Waals surface area contributed by atoms with Crippen molar-refractivity contribution in [2.24, 2.45) is 0 Å². The van der Waals surface area contributed by atoms with Gasteiger partial charge in [0.2, 0.25) is 0 Å². The normalized spacial score (nSPS) is 12.2. The zero-order valence-electron chi connectivity index (χ0n) is 11.1. The van der Waals surface area contributed by atoms with Crippen molar-refractivity contribution >= 4 is 17.3 Å². The van der Waals surface area contributed by atoms with Gasteiger partial charge in [-0.15, -0.1) is 0 Å². The van der Waals surface area contributed by atoms with Crippen LogP contribution in [-0.4, -0.2) is 12.5 Å². The maximum Gasteiger partial charge on any atom is 0.255 e. The second-order valence-corrected chi connectivity index (χ2v) is 4.81. The summed E-state index contributed by atoms with van der Waals surface area (Å²) in [5.74, 6) is -0.890. The van der Waals surface area contributed by atoms with E-state index < -0.39 is 5.82 Å². The average Bonchev–Trinajstić information content (AvgIpc) is 2.96. The Hall–Kier alpha value is -2.87. The lowest BCUT2D eigenvalue weighted by molar-refractivity contribution is 0.102. The van der Waals surface area contributed by atoms with Crippen molar-refractivity contribution in [3.8, 4) is 6.07 Å². The molecule has 1 aliphatic heterocycles. The highest BCUT2D eigenvalue weighted by molar-refractivity contribution is 6.05. The number of halogens is 1. The second-order valence-electron chi connectivity index (χ2n) is 4.81. The van der Waals surface area contributed by atoms with Gasteiger partial charge < -0.3 is 10.6 Å². The summed E-state index contributed by atoms with van der Waals surface area (Å²) < 4.78 is 13.2. The second kappa shape index (κ2) is 5.25. The number of rotatable bonds is 2. The zero-order valence-corrected chi connectivity index (χ0v) is 11.1. The van der Waals surface area contributed by atoms with Gasteiger partial charge >= 0.3 is 0 Å². The Bertz CT molecular complexity index is 765. The van der Waals surface area contributed by atoms with E-state index in [0.717, 1.165) is 18.7 Å². The maximum absolute atomic E-state index is 13.2. The predicted octanol–water partition coefficient (Wildman–Crippen LogP) is 2.92. The van der Waals surface area contributed by atoms with Crippen LogP contribution in [0.25, 0.3) is 0 Å². The number of benzene rings is 2. The summed E-state index contributed by atoms with van der Waals surface area (Å²) in [5, 5.41) is 14.7. The topological polar surface area (TPSA) is 64.9 Å². The van der Waals surface area contributed by atoms with E-state index in [0.29, 0.717) is 11.3 Å². The van der Waals surface area contributed by atoms with Crippen molar-refractivity contribution in [3.63, 3.8) is 0 Å². The molecule has 3 rings (SSSR count). The quantitative estimate of drug-likeness (QED) is 0.889. The Labute approximate surface area is 121 Å². The number of carbonyl (C=O) groups excluding carboxylic acids is 1.